The molecule has 0 fully saturated rings. The zero-order valence-corrected chi connectivity index (χ0v) is 12.9. The van der Waals surface area contributed by atoms with Gasteiger partial charge in [0.1, 0.15) is 11.5 Å². The Kier molecular flexibility index (Phi) is 4.32. The van der Waals surface area contributed by atoms with Crippen LogP contribution < -0.4 is 5.32 Å². The SMILES string of the molecule is Cc1ccc(C(C)NC(=O)c2ccc(Br)c(Cl)c2)o1. The average Bonchev–Trinajstić information content (AvgIpc) is 2.79. The number of amides is 1. The van der Waals surface area contributed by atoms with E-state index in [0.29, 0.717) is 10.6 Å². The molecule has 0 aliphatic heterocycles. The van der Waals surface area contributed by atoms with Crippen molar-refractivity contribution in [3.8, 4) is 0 Å². The van der Waals surface area contributed by atoms with Gasteiger partial charge in [0.05, 0.1) is 11.1 Å². The molecule has 2 aromatic rings. The molecule has 0 spiro atoms. The fraction of sp³-hybridized carbons (Fsp3) is 0.214. The monoisotopic (exact) mass is 341 g/mol. The lowest BCUT2D eigenvalue weighted by Crippen LogP contribution is -2.26. The molecule has 1 unspecified atom stereocenters. The topological polar surface area (TPSA) is 42.2 Å². The number of benzene rings is 1. The first-order chi connectivity index (χ1) is 8.97. The predicted octanol–water partition coefficient (Wildman–Crippen LogP) is 4.49. The summed E-state index contributed by atoms with van der Waals surface area (Å²) in [5.41, 5.74) is 0.517. The van der Waals surface area contributed by atoms with Gasteiger partial charge in [-0.25, -0.2) is 0 Å². The number of nitrogens with one attached hydrogen (secondary N) is 1. The molecule has 1 amide bonds. The van der Waals surface area contributed by atoms with Crippen molar-refractivity contribution in [1.29, 1.82) is 0 Å². The van der Waals surface area contributed by atoms with Crippen molar-refractivity contribution in [3.63, 3.8) is 0 Å². The third-order valence-corrected chi connectivity index (χ3v) is 3.95. The first kappa shape index (κ1) is 14.2. The van der Waals surface area contributed by atoms with Gasteiger partial charge in [-0.3, -0.25) is 4.79 Å². The Morgan fingerprint density at radius 3 is 2.68 bits per heavy atom. The molecule has 1 atom stereocenters. The van der Waals surface area contributed by atoms with Crippen LogP contribution in [0, 0.1) is 6.92 Å². The van der Waals surface area contributed by atoms with Crippen LogP contribution in [0.5, 0.6) is 0 Å². The first-order valence-corrected chi connectivity index (χ1v) is 6.96. The van der Waals surface area contributed by atoms with Crippen molar-refractivity contribution in [2.45, 2.75) is 19.9 Å². The van der Waals surface area contributed by atoms with E-state index in [9.17, 15) is 4.79 Å². The lowest BCUT2D eigenvalue weighted by Gasteiger charge is -2.12. The average molecular weight is 343 g/mol. The minimum atomic E-state index is -0.191. The molecule has 100 valence electrons. The van der Waals surface area contributed by atoms with Crippen molar-refractivity contribution < 1.29 is 9.21 Å². The molecule has 0 saturated heterocycles. The molecule has 1 heterocycles. The Morgan fingerprint density at radius 1 is 1.37 bits per heavy atom. The van der Waals surface area contributed by atoms with Crippen LogP contribution in [-0.2, 0) is 0 Å². The van der Waals surface area contributed by atoms with E-state index in [1.807, 2.05) is 26.0 Å². The number of rotatable bonds is 3. The van der Waals surface area contributed by atoms with E-state index in [1.165, 1.54) is 0 Å². The molecule has 1 N–H and O–H groups in total. The molecule has 0 radical (unpaired) electrons. The van der Waals surface area contributed by atoms with E-state index in [1.54, 1.807) is 18.2 Å². The Bertz CT molecular complexity index is 609. The highest BCUT2D eigenvalue weighted by atomic mass is 79.9. The Hall–Kier alpha value is -1.26. The smallest absolute Gasteiger partial charge is 0.251 e. The second-order valence-corrected chi connectivity index (χ2v) is 5.53. The van der Waals surface area contributed by atoms with Gasteiger partial charge in [-0.15, -0.1) is 0 Å². The molecule has 19 heavy (non-hydrogen) atoms. The molecule has 0 aliphatic carbocycles. The Balaban J connectivity index is 2.10. The second-order valence-electron chi connectivity index (χ2n) is 4.27. The summed E-state index contributed by atoms with van der Waals surface area (Å²) in [7, 11) is 0. The molecule has 5 heteroatoms. The molecule has 0 aliphatic rings. The van der Waals surface area contributed by atoms with Gasteiger partial charge in [0.2, 0.25) is 0 Å². The zero-order chi connectivity index (χ0) is 14.0. The van der Waals surface area contributed by atoms with Crippen LogP contribution in [0.4, 0.5) is 0 Å². The van der Waals surface area contributed by atoms with Gasteiger partial charge in [-0.2, -0.15) is 0 Å². The summed E-state index contributed by atoms with van der Waals surface area (Å²) in [4.78, 5) is 12.1. The van der Waals surface area contributed by atoms with Gasteiger partial charge >= 0.3 is 0 Å². The van der Waals surface area contributed by atoms with Gasteiger partial charge in [-0.05, 0) is 60.1 Å². The van der Waals surface area contributed by atoms with Gasteiger partial charge in [0.15, 0.2) is 0 Å². The second kappa shape index (κ2) is 5.80. The molecule has 0 saturated carbocycles. The van der Waals surface area contributed by atoms with Crippen LogP contribution in [0.15, 0.2) is 39.2 Å². The normalized spacial score (nSPS) is 12.2. The molecular formula is C14H13BrClNO2. The molecular weight excluding hydrogens is 330 g/mol. The number of halogens is 2. The van der Waals surface area contributed by atoms with E-state index in [4.69, 9.17) is 16.0 Å². The van der Waals surface area contributed by atoms with Crippen LogP contribution in [0.3, 0.4) is 0 Å². The highest BCUT2D eigenvalue weighted by Crippen LogP contribution is 2.23. The van der Waals surface area contributed by atoms with E-state index in [-0.39, 0.29) is 11.9 Å². The standard InChI is InChI=1S/C14H13BrClNO2/c1-8-3-6-13(19-8)9(2)17-14(18)10-4-5-11(15)12(16)7-10/h3-7,9H,1-2H3,(H,17,18). The zero-order valence-electron chi connectivity index (χ0n) is 10.5. The molecule has 0 bridgehead atoms. The highest BCUT2D eigenvalue weighted by molar-refractivity contribution is 9.10. The van der Waals surface area contributed by atoms with Crippen molar-refractivity contribution in [2.75, 3.05) is 0 Å². The summed E-state index contributed by atoms with van der Waals surface area (Å²) in [5.74, 6) is 1.37. The summed E-state index contributed by atoms with van der Waals surface area (Å²) in [6, 6.07) is 8.62. The number of carbonyl (C=O) groups excluding carboxylic acids is 1. The van der Waals surface area contributed by atoms with Crippen molar-refractivity contribution in [1.82, 2.24) is 5.32 Å². The number of carbonyl (C=O) groups is 1. The quantitative estimate of drug-likeness (QED) is 0.892. The molecule has 1 aromatic heterocycles. The maximum absolute atomic E-state index is 12.1. The fourth-order valence-electron chi connectivity index (χ4n) is 1.67. The summed E-state index contributed by atoms with van der Waals surface area (Å²) in [6.45, 7) is 3.74. The summed E-state index contributed by atoms with van der Waals surface area (Å²) in [5, 5.41) is 3.37. The van der Waals surface area contributed by atoms with Crippen LogP contribution in [0.2, 0.25) is 5.02 Å². The van der Waals surface area contributed by atoms with Gasteiger partial charge < -0.3 is 9.73 Å². The van der Waals surface area contributed by atoms with E-state index < -0.39 is 0 Å². The summed E-state index contributed by atoms with van der Waals surface area (Å²) >= 11 is 9.26. The third-order valence-electron chi connectivity index (χ3n) is 2.72. The van der Waals surface area contributed by atoms with Crippen molar-refractivity contribution in [2.24, 2.45) is 0 Å². The maximum atomic E-state index is 12.1. The van der Waals surface area contributed by atoms with Gasteiger partial charge in [0.25, 0.3) is 5.91 Å². The van der Waals surface area contributed by atoms with Crippen molar-refractivity contribution >= 4 is 33.4 Å². The molecule has 2 rings (SSSR count). The van der Waals surface area contributed by atoms with Crippen LogP contribution in [0.25, 0.3) is 0 Å². The third kappa shape index (κ3) is 3.39. The largest absolute Gasteiger partial charge is 0.464 e. The number of furan rings is 1. The van der Waals surface area contributed by atoms with E-state index in [2.05, 4.69) is 21.2 Å². The van der Waals surface area contributed by atoms with E-state index >= 15 is 0 Å². The lowest BCUT2D eigenvalue weighted by atomic mass is 10.2. The van der Waals surface area contributed by atoms with Crippen molar-refractivity contribution in [3.05, 3.63) is 56.9 Å². The van der Waals surface area contributed by atoms with E-state index in [0.717, 1.165) is 16.0 Å². The predicted molar refractivity (Wildman–Crippen MR) is 78.5 cm³/mol. The van der Waals surface area contributed by atoms with Crippen LogP contribution in [-0.4, -0.2) is 5.91 Å². The number of aryl methyl sites for hydroxylation is 1. The summed E-state index contributed by atoms with van der Waals surface area (Å²) in [6.07, 6.45) is 0. The Morgan fingerprint density at radius 2 is 2.11 bits per heavy atom. The maximum Gasteiger partial charge on any atom is 0.251 e. The Labute approximate surface area is 125 Å². The molecule has 1 aromatic carbocycles. The highest BCUT2D eigenvalue weighted by Gasteiger charge is 2.14. The number of hydrogen-bond acceptors (Lipinski definition) is 2. The fourth-order valence-corrected chi connectivity index (χ4v) is 2.10. The first-order valence-electron chi connectivity index (χ1n) is 5.79. The summed E-state index contributed by atoms with van der Waals surface area (Å²) < 4.78 is 6.24. The van der Waals surface area contributed by atoms with Crippen LogP contribution in [0.1, 0.15) is 34.8 Å². The van der Waals surface area contributed by atoms with Gasteiger partial charge in [-0.1, -0.05) is 11.6 Å². The molecule has 3 nitrogen and oxygen atoms in total. The minimum absolute atomic E-state index is 0.184. The number of hydrogen-bond donors (Lipinski definition) is 1. The lowest BCUT2D eigenvalue weighted by molar-refractivity contribution is 0.0935. The van der Waals surface area contributed by atoms with Gasteiger partial charge in [0, 0.05) is 10.0 Å². The minimum Gasteiger partial charge on any atom is -0.464 e. The van der Waals surface area contributed by atoms with Crippen LogP contribution >= 0.6 is 27.5 Å².